The van der Waals surface area contributed by atoms with Crippen LogP contribution in [-0.2, 0) is 0 Å². The number of phenolic OH excluding ortho intramolecular Hbond substituents is 2. The van der Waals surface area contributed by atoms with Gasteiger partial charge in [0.25, 0.3) is 0 Å². The second kappa shape index (κ2) is 5.73. The van der Waals surface area contributed by atoms with Crippen molar-refractivity contribution in [1.82, 2.24) is 0 Å². The highest BCUT2D eigenvalue weighted by atomic mass is 127. The van der Waals surface area contributed by atoms with E-state index < -0.39 is 0 Å². The highest BCUT2D eigenvalue weighted by Crippen LogP contribution is 2.34. The minimum absolute atomic E-state index is 0.0284. The van der Waals surface area contributed by atoms with E-state index in [1.54, 1.807) is 25.1 Å². The minimum Gasteiger partial charge on any atom is -0.508 e. The standard InChI is InChI=1S/C16H10I2O4/c1-7-14(20)10-6-9(19)2-3-13(10)22-16(7)8-4-11(17)15(21)12(18)5-8/h2-6,19,21H,1H3. The summed E-state index contributed by atoms with van der Waals surface area (Å²) in [5.74, 6) is 0.718. The highest BCUT2D eigenvalue weighted by Gasteiger charge is 2.15. The van der Waals surface area contributed by atoms with Gasteiger partial charge in [-0.1, -0.05) is 0 Å². The zero-order valence-corrected chi connectivity index (χ0v) is 15.7. The fourth-order valence-corrected chi connectivity index (χ4v) is 4.02. The summed E-state index contributed by atoms with van der Waals surface area (Å²) in [5.41, 5.74) is 1.44. The molecular formula is C16H10I2O4. The van der Waals surface area contributed by atoms with Crippen molar-refractivity contribution >= 4 is 56.2 Å². The number of aromatic hydroxyl groups is 2. The molecule has 112 valence electrons. The van der Waals surface area contributed by atoms with Gasteiger partial charge in [0.15, 0.2) is 5.43 Å². The molecule has 22 heavy (non-hydrogen) atoms. The zero-order chi connectivity index (χ0) is 16.0. The van der Waals surface area contributed by atoms with E-state index in [1.807, 2.05) is 45.2 Å². The fourth-order valence-electron chi connectivity index (χ4n) is 2.25. The van der Waals surface area contributed by atoms with Crippen molar-refractivity contribution in [2.24, 2.45) is 0 Å². The molecule has 0 spiro atoms. The van der Waals surface area contributed by atoms with Gasteiger partial charge in [-0.15, -0.1) is 0 Å². The Morgan fingerprint density at radius 1 is 1.05 bits per heavy atom. The van der Waals surface area contributed by atoms with Crippen molar-refractivity contribution < 1.29 is 14.6 Å². The van der Waals surface area contributed by atoms with Crippen molar-refractivity contribution in [3.8, 4) is 22.8 Å². The Labute approximate surface area is 153 Å². The summed E-state index contributed by atoms with van der Waals surface area (Å²) in [5, 5.41) is 19.7. The normalized spacial score (nSPS) is 11.0. The van der Waals surface area contributed by atoms with Crippen LogP contribution in [0.25, 0.3) is 22.3 Å². The van der Waals surface area contributed by atoms with E-state index in [1.165, 1.54) is 12.1 Å². The minimum atomic E-state index is -0.176. The predicted octanol–water partition coefficient (Wildman–Crippen LogP) is 4.39. The van der Waals surface area contributed by atoms with Crippen LogP contribution in [0.15, 0.2) is 39.5 Å². The lowest BCUT2D eigenvalue weighted by Crippen LogP contribution is -2.07. The average molecular weight is 520 g/mol. The van der Waals surface area contributed by atoms with Gasteiger partial charge in [-0.25, -0.2) is 0 Å². The van der Waals surface area contributed by atoms with Gasteiger partial charge in [-0.2, -0.15) is 0 Å². The zero-order valence-electron chi connectivity index (χ0n) is 11.4. The van der Waals surface area contributed by atoms with Crippen LogP contribution in [0.2, 0.25) is 0 Å². The van der Waals surface area contributed by atoms with E-state index in [-0.39, 0.29) is 16.9 Å². The Morgan fingerprint density at radius 2 is 1.68 bits per heavy atom. The number of fused-ring (bicyclic) bond motifs is 1. The molecule has 1 aromatic heterocycles. The average Bonchev–Trinajstić information content (AvgIpc) is 2.48. The molecule has 0 aliphatic heterocycles. The molecule has 0 bridgehead atoms. The summed E-state index contributed by atoms with van der Waals surface area (Å²) >= 11 is 4.07. The second-order valence-corrected chi connectivity index (χ2v) is 7.18. The molecule has 4 nitrogen and oxygen atoms in total. The van der Waals surface area contributed by atoms with Crippen LogP contribution < -0.4 is 5.43 Å². The van der Waals surface area contributed by atoms with Crippen LogP contribution in [0.4, 0.5) is 0 Å². The number of hydrogen-bond acceptors (Lipinski definition) is 4. The van der Waals surface area contributed by atoms with Gasteiger partial charge in [0.05, 0.1) is 12.5 Å². The number of phenols is 2. The van der Waals surface area contributed by atoms with Crippen molar-refractivity contribution in [3.63, 3.8) is 0 Å². The Bertz CT molecular complexity index is 937. The highest BCUT2D eigenvalue weighted by molar-refractivity contribution is 14.1. The first-order valence-electron chi connectivity index (χ1n) is 6.33. The maximum Gasteiger partial charge on any atom is 0.196 e. The Kier molecular flexibility index (Phi) is 4.06. The maximum atomic E-state index is 12.5. The third kappa shape index (κ3) is 2.58. The Morgan fingerprint density at radius 3 is 2.32 bits per heavy atom. The van der Waals surface area contributed by atoms with E-state index >= 15 is 0 Å². The number of benzene rings is 2. The molecule has 0 saturated carbocycles. The largest absolute Gasteiger partial charge is 0.508 e. The van der Waals surface area contributed by atoms with Crippen LogP contribution in [0.1, 0.15) is 5.56 Å². The summed E-state index contributed by atoms with van der Waals surface area (Å²) in [6.45, 7) is 1.69. The molecule has 1 heterocycles. The molecule has 0 radical (unpaired) electrons. The van der Waals surface area contributed by atoms with Crippen LogP contribution in [0.3, 0.4) is 0 Å². The number of hydrogen-bond donors (Lipinski definition) is 2. The van der Waals surface area contributed by atoms with Crippen LogP contribution in [-0.4, -0.2) is 10.2 Å². The van der Waals surface area contributed by atoms with Gasteiger partial charge in [0.1, 0.15) is 22.8 Å². The maximum absolute atomic E-state index is 12.5. The molecule has 0 unspecified atom stereocenters. The lowest BCUT2D eigenvalue weighted by Gasteiger charge is -2.09. The van der Waals surface area contributed by atoms with E-state index in [0.29, 0.717) is 29.4 Å². The van der Waals surface area contributed by atoms with Gasteiger partial charge >= 0.3 is 0 Å². The molecule has 0 amide bonds. The Hall–Kier alpha value is -1.29. The molecule has 0 saturated heterocycles. The molecule has 3 aromatic rings. The van der Waals surface area contributed by atoms with E-state index in [2.05, 4.69) is 0 Å². The molecule has 2 aromatic carbocycles. The topological polar surface area (TPSA) is 70.7 Å². The van der Waals surface area contributed by atoms with E-state index in [0.717, 1.165) is 5.56 Å². The van der Waals surface area contributed by atoms with E-state index in [4.69, 9.17) is 4.42 Å². The van der Waals surface area contributed by atoms with Gasteiger partial charge in [0, 0.05) is 11.1 Å². The number of rotatable bonds is 1. The molecule has 0 atom stereocenters. The smallest absolute Gasteiger partial charge is 0.196 e. The quantitative estimate of drug-likeness (QED) is 0.468. The molecule has 2 N–H and O–H groups in total. The molecular weight excluding hydrogens is 510 g/mol. The molecule has 0 fully saturated rings. The fraction of sp³-hybridized carbons (Fsp3) is 0.0625. The summed E-state index contributed by atoms with van der Waals surface area (Å²) in [7, 11) is 0. The molecule has 0 aliphatic carbocycles. The first-order valence-corrected chi connectivity index (χ1v) is 8.49. The lowest BCUT2D eigenvalue weighted by molar-refractivity contribution is 0.467. The molecule has 3 rings (SSSR count). The second-order valence-electron chi connectivity index (χ2n) is 4.85. The van der Waals surface area contributed by atoms with Gasteiger partial charge in [-0.3, -0.25) is 4.79 Å². The van der Waals surface area contributed by atoms with Gasteiger partial charge in [0.2, 0.25) is 0 Å². The van der Waals surface area contributed by atoms with Crippen LogP contribution in [0.5, 0.6) is 11.5 Å². The Balaban J connectivity index is 2.35. The van der Waals surface area contributed by atoms with Crippen molar-refractivity contribution in [3.05, 3.63) is 53.3 Å². The summed E-state index contributed by atoms with van der Waals surface area (Å²) < 4.78 is 7.24. The molecule has 6 heteroatoms. The third-order valence-electron chi connectivity index (χ3n) is 3.38. The van der Waals surface area contributed by atoms with Gasteiger partial charge in [-0.05, 0) is 82.4 Å². The number of halogens is 2. The van der Waals surface area contributed by atoms with Crippen molar-refractivity contribution in [2.75, 3.05) is 0 Å². The summed E-state index contributed by atoms with van der Waals surface area (Å²) in [6.07, 6.45) is 0. The van der Waals surface area contributed by atoms with E-state index in [9.17, 15) is 15.0 Å². The predicted molar refractivity (Wildman–Crippen MR) is 101 cm³/mol. The van der Waals surface area contributed by atoms with Crippen molar-refractivity contribution in [1.29, 1.82) is 0 Å². The molecule has 0 aliphatic rings. The van der Waals surface area contributed by atoms with Crippen LogP contribution >= 0.6 is 45.2 Å². The first kappa shape index (κ1) is 15.6. The van der Waals surface area contributed by atoms with Crippen molar-refractivity contribution in [2.45, 2.75) is 6.92 Å². The SMILES string of the molecule is Cc1c(-c2cc(I)c(O)c(I)c2)oc2ccc(O)cc2c1=O. The third-order valence-corrected chi connectivity index (χ3v) is 5.02. The summed E-state index contributed by atoms with van der Waals surface area (Å²) in [6, 6.07) is 8.01. The lowest BCUT2D eigenvalue weighted by atomic mass is 10.1. The monoisotopic (exact) mass is 520 g/mol. The van der Waals surface area contributed by atoms with Gasteiger partial charge < -0.3 is 14.6 Å². The summed E-state index contributed by atoms with van der Waals surface area (Å²) in [4.78, 5) is 12.5. The van der Waals surface area contributed by atoms with Crippen LogP contribution in [0, 0.1) is 14.1 Å². The first-order chi connectivity index (χ1) is 10.4.